The van der Waals surface area contributed by atoms with Crippen LogP contribution in [0.2, 0.25) is 0 Å². The van der Waals surface area contributed by atoms with Crippen molar-refractivity contribution in [2.75, 3.05) is 0 Å². The summed E-state index contributed by atoms with van der Waals surface area (Å²) in [6, 6.07) is 0. The van der Waals surface area contributed by atoms with E-state index in [2.05, 4.69) is 4.74 Å². The molecule has 5 nitrogen and oxygen atoms in total. The van der Waals surface area contributed by atoms with Crippen LogP contribution in [0.1, 0.15) is 6.92 Å². The Balaban J connectivity index is 2.63. The number of hydrogen-bond acceptors (Lipinski definition) is 5. The number of hydrogen-bond donors (Lipinski definition) is 4. The summed E-state index contributed by atoms with van der Waals surface area (Å²) in [7, 11) is 0. The molecule has 0 aromatic carbocycles. The van der Waals surface area contributed by atoms with Crippen molar-refractivity contribution in [1.29, 1.82) is 0 Å². The molecule has 0 saturated carbocycles. The van der Waals surface area contributed by atoms with Crippen LogP contribution in [0.4, 0.5) is 0 Å². The maximum Gasteiger partial charge on any atom is 0.183 e. The van der Waals surface area contributed by atoms with Gasteiger partial charge in [-0.3, -0.25) is 0 Å². The Hall–Kier alpha value is -0.200. The van der Waals surface area contributed by atoms with Crippen LogP contribution >= 0.6 is 0 Å². The number of ether oxygens (including phenoxy) is 1. The van der Waals surface area contributed by atoms with E-state index in [-0.39, 0.29) is 0 Å². The van der Waals surface area contributed by atoms with Gasteiger partial charge in [0.1, 0.15) is 18.3 Å². The van der Waals surface area contributed by atoms with Crippen LogP contribution in [0, 0.1) is 0 Å². The molecule has 1 aliphatic heterocycles. The Kier molecular flexibility index (Phi) is 2.46. The summed E-state index contributed by atoms with van der Waals surface area (Å²) in [6.45, 7) is 1.50. The number of rotatable bonds is 0. The Morgan fingerprint density at radius 3 is 2.00 bits per heavy atom. The molecule has 0 amide bonds. The molecule has 5 atom stereocenters. The minimum Gasteiger partial charge on any atom is -0.388 e. The Morgan fingerprint density at radius 1 is 0.909 bits per heavy atom. The zero-order valence-corrected chi connectivity index (χ0v) is 6.08. The van der Waals surface area contributed by atoms with E-state index >= 15 is 0 Å². The molecule has 66 valence electrons. The number of aliphatic hydroxyl groups is 4. The lowest BCUT2D eigenvalue weighted by Crippen LogP contribution is -2.56. The first-order valence-electron chi connectivity index (χ1n) is 3.41. The summed E-state index contributed by atoms with van der Waals surface area (Å²) < 4.78 is 4.68. The summed E-state index contributed by atoms with van der Waals surface area (Å²) >= 11 is 0. The third-order valence-corrected chi connectivity index (χ3v) is 1.83. The smallest absolute Gasteiger partial charge is 0.183 e. The van der Waals surface area contributed by atoms with Crippen LogP contribution in [0.15, 0.2) is 0 Å². The first-order chi connectivity index (χ1) is 5.04. The van der Waals surface area contributed by atoms with E-state index in [1.165, 1.54) is 6.92 Å². The number of aliphatic hydroxyl groups excluding tert-OH is 4. The molecule has 0 spiro atoms. The molecule has 0 aliphatic carbocycles. The van der Waals surface area contributed by atoms with Crippen LogP contribution in [-0.4, -0.2) is 51.1 Å². The van der Waals surface area contributed by atoms with Crippen LogP contribution in [0.25, 0.3) is 0 Å². The molecule has 0 bridgehead atoms. The van der Waals surface area contributed by atoms with Gasteiger partial charge in [0, 0.05) is 0 Å². The Morgan fingerprint density at radius 2 is 1.45 bits per heavy atom. The van der Waals surface area contributed by atoms with Crippen molar-refractivity contribution in [2.45, 2.75) is 37.6 Å². The second-order valence-electron chi connectivity index (χ2n) is 2.70. The molecule has 1 rings (SSSR count). The average Bonchev–Trinajstić information content (AvgIpc) is 1.97. The molecule has 0 radical (unpaired) electrons. The fraction of sp³-hybridized carbons (Fsp3) is 1.00. The minimum absolute atomic E-state index is 0.664. The molecule has 0 aromatic rings. The van der Waals surface area contributed by atoms with Gasteiger partial charge in [-0.25, -0.2) is 0 Å². The van der Waals surface area contributed by atoms with Gasteiger partial charge in [0.15, 0.2) is 6.29 Å². The van der Waals surface area contributed by atoms with E-state index in [0.717, 1.165) is 0 Å². The zero-order valence-electron chi connectivity index (χ0n) is 6.08. The van der Waals surface area contributed by atoms with Gasteiger partial charge in [0.25, 0.3) is 0 Å². The minimum atomic E-state index is -1.43. The molecule has 0 aromatic heterocycles. The maximum atomic E-state index is 9.09. The SMILES string of the molecule is CC1O[C@@H](O)C(O)[C@H](O)[C@@H]1O. The highest BCUT2D eigenvalue weighted by molar-refractivity contribution is 4.86. The van der Waals surface area contributed by atoms with Crippen molar-refractivity contribution in [3.63, 3.8) is 0 Å². The van der Waals surface area contributed by atoms with Crippen LogP contribution in [0.3, 0.4) is 0 Å². The van der Waals surface area contributed by atoms with E-state index in [1.807, 2.05) is 0 Å². The molecule has 2 unspecified atom stereocenters. The lowest BCUT2D eigenvalue weighted by Gasteiger charge is -2.36. The second-order valence-corrected chi connectivity index (χ2v) is 2.70. The van der Waals surface area contributed by atoms with Gasteiger partial charge in [-0.05, 0) is 6.92 Å². The second kappa shape index (κ2) is 3.04. The van der Waals surface area contributed by atoms with Gasteiger partial charge in [0.2, 0.25) is 0 Å². The van der Waals surface area contributed by atoms with Gasteiger partial charge < -0.3 is 25.2 Å². The lowest BCUT2D eigenvalue weighted by molar-refractivity contribution is -0.277. The van der Waals surface area contributed by atoms with Crippen LogP contribution in [0.5, 0.6) is 0 Å². The molecular weight excluding hydrogens is 152 g/mol. The van der Waals surface area contributed by atoms with E-state index in [1.54, 1.807) is 0 Å². The molecule has 5 heteroatoms. The summed E-state index contributed by atoms with van der Waals surface area (Å²) in [5.41, 5.74) is 0. The van der Waals surface area contributed by atoms with Gasteiger partial charge in [0.05, 0.1) is 6.10 Å². The van der Waals surface area contributed by atoms with Crippen LogP contribution in [-0.2, 0) is 4.74 Å². The van der Waals surface area contributed by atoms with Crippen molar-refractivity contribution in [3.05, 3.63) is 0 Å². The maximum absolute atomic E-state index is 9.09. The first kappa shape index (κ1) is 8.89. The van der Waals surface area contributed by atoms with Crippen molar-refractivity contribution >= 4 is 0 Å². The lowest BCUT2D eigenvalue weighted by atomic mass is 10.0. The highest BCUT2D eigenvalue weighted by atomic mass is 16.6. The van der Waals surface area contributed by atoms with E-state index in [9.17, 15) is 0 Å². The van der Waals surface area contributed by atoms with Gasteiger partial charge in [-0.1, -0.05) is 0 Å². The molecule has 11 heavy (non-hydrogen) atoms. The monoisotopic (exact) mass is 164 g/mol. The molecule has 1 saturated heterocycles. The molecule has 1 aliphatic rings. The Labute approximate surface area is 63.8 Å². The Bertz CT molecular complexity index is 125. The fourth-order valence-corrected chi connectivity index (χ4v) is 1.03. The van der Waals surface area contributed by atoms with Gasteiger partial charge in [-0.2, -0.15) is 0 Å². The zero-order chi connectivity index (χ0) is 8.59. The quantitative estimate of drug-likeness (QED) is 0.326. The molecule has 4 N–H and O–H groups in total. The summed E-state index contributed by atoms with van der Waals surface area (Å²) in [5.74, 6) is 0. The topological polar surface area (TPSA) is 90.2 Å². The molecule has 1 heterocycles. The predicted octanol–water partition coefficient (Wildman–Crippen LogP) is -2.19. The van der Waals surface area contributed by atoms with Gasteiger partial charge >= 0.3 is 0 Å². The molecular formula is C6H12O5. The van der Waals surface area contributed by atoms with Crippen molar-refractivity contribution in [1.82, 2.24) is 0 Å². The van der Waals surface area contributed by atoms with Crippen LogP contribution < -0.4 is 0 Å². The summed E-state index contributed by atoms with van der Waals surface area (Å²) in [4.78, 5) is 0. The predicted molar refractivity (Wildman–Crippen MR) is 34.6 cm³/mol. The molecule has 1 fully saturated rings. The normalized spacial score (nSPS) is 52.6. The fourth-order valence-electron chi connectivity index (χ4n) is 1.03. The van der Waals surface area contributed by atoms with Crippen molar-refractivity contribution < 1.29 is 25.2 Å². The van der Waals surface area contributed by atoms with E-state index in [0.29, 0.717) is 0 Å². The summed E-state index contributed by atoms with van der Waals surface area (Å²) in [5, 5.41) is 36.0. The largest absolute Gasteiger partial charge is 0.388 e. The summed E-state index contributed by atoms with van der Waals surface area (Å²) in [6.07, 6.45) is -5.99. The standard InChI is InChI=1S/C6H12O5/c1-2-3(7)4(8)5(9)6(10)11-2/h2-10H,1H3/t2?,3-,4-,5?,6-/m1/s1. The first-order valence-corrected chi connectivity index (χ1v) is 3.41. The highest BCUT2D eigenvalue weighted by Gasteiger charge is 2.40. The third-order valence-electron chi connectivity index (χ3n) is 1.83. The van der Waals surface area contributed by atoms with Crippen molar-refractivity contribution in [3.8, 4) is 0 Å². The van der Waals surface area contributed by atoms with Gasteiger partial charge in [-0.15, -0.1) is 0 Å². The van der Waals surface area contributed by atoms with Crippen molar-refractivity contribution in [2.24, 2.45) is 0 Å². The van der Waals surface area contributed by atoms with E-state index < -0.39 is 30.7 Å². The van der Waals surface area contributed by atoms with E-state index in [4.69, 9.17) is 20.4 Å². The third kappa shape index (κ3) is 1.52. The average molecular weight is 164 g/mol. The highest BCUT2D eigenvalue weighted by Crippen LogP contribution is 2.18.